The van der Waals surface area contributed by atoms with Gasteiger partial charge in [0.15, 0.2) is 0 Å². The second-order valence-corrected chi connectivity index (χ2v) is 9.28. The van der Waals surface area contributed by atoms with E-state index >= 15 is 0 Å². The molecule has 29 heavy (non-hydrogen) atoms. The lowest BCUT2D eigenvalue weighted by Gasteiger charge is -2.20. The topological polar surface area (TPSA) is 77.8 Å². The molecule has 1 atom stereocenters. The predicted octanol–water partition coefficient (Wildman–Crippen LogP) is 4.76. The highest BCUT2D eigenvalue weighted by atomic mass is 31.2. The number of benzene rings is 4. The quantitative estimate of drug-likeness (QED) is 0.340. The van der Waals surface area contributed by atoms with Crippen molar-refractivity contribution in [2.24, 2.45) is 0 Å². The van der Waals surface area contributed by atoms with Crippen molar-refractivity contribution in [3.63, 3.8) is 0 Å². The Kier molecular flexibility index (Phi) is 4.70. The molecule has 0 radical (unpaired) electrons. The minimum Gasteiger partial charge on any atom is -0.507 e. The Labute approximate surface area is 169 Å². The molecular weight excluding hydrogens is 383 g/mol. The molecule has 0 bridgehead atoms. The highest BCUT2D eigenvalue weighted by Crippen LogP contribution is 2.47. The summed E-state index contributed by atoms with van der Waals surface area (Å²) < 4.78 is 13.7. The highest BCUT2D eigenvalue weighted by molar-refractivity contribution is 7.74. The molecule has 5 heteroatoms. The molecule has 0 aliphatic heterocycles. The molecule has 4 rings (SSSR count). The van der Waals surface area contributed by atoms with Crippen LogP contribution in [0.15, 0.2) is 72.8 Å². The van der Waals surface area contributed by atoms with Crippen molar-refractivity contribution in [3.05, 3.63) is 83.9 Å². The Morgan fingerprint density at radius 2 is 1.31 bits per heavy atom. The summed E-state index contributed by atoms with van der Waals surface area (Å²) in [5.74, 6) is -0.437. The number of rotatable bonds is 3. The van der Waals surface area contributed by atoms with Crippen LogP contribution in [0, 0.1) is 13.8 Å². The van der Waals surface area contributed by atoms with Crippen LogP contribution < -0.4 is 10.6 Å². The molecule has 0 spiro atoms. The molecule has 0 saturated carbocycles. The van der Waals surface area contributed by atoms with E-state index in [4.69, 9.17) is 0 Å². The molecule has 4 aromatic rings. The van der Waals surface area contributed by atoms with Crippen LogP contribution in [0.2, 0.25) is 0 Å². The van der Waals surface area contributed by atoms with Gasteiger partial charge in [-0.15, -0.1) is 0 Å². The highest BCUT2D eigenvalue weighted by Gasteiger charge is 2.32. The first-order valence-electron chi connectivity index (χ1n) is 9.25. The third kappa shape index (κ3) is 3.11. The third-order valence-corrected chi connectivity index (χ3v) is 7.32. The van der Waals surface area contributed by atoms with Gasteiger partial charge in [-0.05, 0) is 48.2 Å². The van der Waals surface area contributed by atoms with Crippen LogP contribution >= 0.6 is 7.37 Å². The summed E-state index contributed by atoms with van der Waals surface area (Å²) in [7, 11) is -4.22. The molecule has 0 aliphatic carbocycles. The SMILES string of the molecule is Cc1cccc(C)c1-c1ccccc1P(=O)(O)c1cc(O)c2ccccc2c1O. The van der Waals surface area contributed by atoms with Crippen molar-refractivity contribution in [2.45, 2.75) is 13.8 Å². The van der Waals surface area contributed by atoms with Gasteiger partial charge in [0.2, 0.25) is 0 Å². The van der Waals surface area contributed by atoms with Crippen molar-refractivity contribution in [1.82, 2.24) is 0 Å². The first-order valence-corrected chi connectivity index (χ1v) is 10.9. The van der Waals surface area contributed by atoms with Gasteiger partial charge >= 0.3 is 0 Å². The molecule has 4 nitrogen and oxygen atoms in total. The summed E-state index contributed by atoms with van der Waals surface area (Å²) in [6.45, 7) is 3.92. The molecule has 1 unspecified atom stereocenters. The smallest absolute Gasteiger partial charge is 0.263 e. The van der Waals surface area contributed by atoms with Crippen molar-refractivity contribution < 1.29 is 19.7 Å². The minimum absolute atomic E-state index is 0.146. The lowest BCUT2D eigenvalue weighted by atomic mass is 9.96. The molecule has 3 N–H and O–H groups in total. The van der Waals surface area contributed by atoms with Crippen LogP contribution in [0.5, 0.6) is 11.5 Å². The Balaban J connectivity index is 2.01. The largest absolute Gasteiger partial charge is 0.507 e. The maximum absolute atomic E-state index is 13.7. The Morgan fingerprint density at radius 3 is 2.00 bits per heavy atom. The zero-order chi connectivity index (χ0) is 20.8. The molecule has 0 amide bonds. The fraction of sp³-hybridized carbons (Fsp3) is 0.0833. The van der Waals surface area contributed by atoms with Crippen LogP contribution in [0.4, 0.5) is 0 Å². The van der Waals surface area contributed by atoms with E-state index in [0.29, 0.717) is 16.3 Å². The molecule has 0 aliphatic rings. The number of hydrogen-bond donors (Lipinski definition) is 3. The van der Waals surface area contributed by atoms with E-state index in [1.165, 1.54) is 6.07 Å². The fourth-order valence-electron chi connectivity index (χ4n) is 3.88. The van der Waals surface area contributed by atoms with Crippen LogP contribution in [-0.2, 0) is 4.57 Å². The van der Waals surface area contributed by atoms with Gasteiger partial charge in [0.05, 0.1) is 5.30 Å². The van der Waals surface area contributed by atoms with Gasteiger partial charge in [0.25, 0.3) is 7.37 Å². The standard InChI is InChI=1S/C24H21O4P/c1-15-8-7-9-16(2)23(15)19-12-5-6-13-21(19)29(27,28)22-14-20(25)17-10-3-4-11-18(17)24(22)26/h3-14,25-26H,1-2H3,(H,27,28). The number of aryl methyl sites for hydroxylation is 2. The molecule has 0 fully saturated rings. The van der Waals surface area contributed by atoms with Crippen LogP contribution in [-0.4, -0.2) is 15.1 Å². The van der Waals surface area contributed by atoms with Crippen LogP contribution in [0.3, 0.4) is 0 Å². The second-order valence-electron chi connectivity index (χ2n) is 7.17. The summed E-state index contributed by atoms with van der Waals surface area (Å²) in [6.07, 6.45) is 0. The first kappa shape index (κ1) is 19.3. The van der Waals surface area contributed by atoms with Gasteiger partial charge in [0, 0.05) is 16.1 Å². The molecule has 0 saturated heterocycles. The van der Waals surface area contributed by atoms with Crippen molar-refractivity contribution in [3.8, 4) is 22.6 Å². The number of hydrogen-bond acceptors (Lipinski definition) is 3. The number of aromatic hydroxyl groups is 2. The average molecular weight is 404 g/mol. The van der Waals surface area contributed by atoms with Gasteiger partial charge in [-0.25, -0.2) is 0 Å². The van der Waals surface area contributed by atoms with Crippen molar-refractivity contribution in [2.75, 3.05) is 0 Å². The van der Waals surface area contributed by atoms with E-state index in [-0.39, 0.29) is 22.1 Å². The van der Waals surface area contributed by atoms with E-state index in [9.17, 15) is 19.7 Å². The zero-order valence-electron chi connectivity index (χ0n) is 16.1. The second kappa shape index (κ2) is 7.07. The summed E-state index contributed by atoms with van der Waals surface area (Å²) >= 11 is 0. The Morgan fingerprint density at radius 1 is 0.724 bits per heavy atom. The van der Waals surface area contributed by atoms with Gasteiger partial charge in [-0.1, -0.05) is 60.7 Å². The maximum Gasteiger partial charge on any atom is 0.263 e. The van der Waals surface area contributed by atoms with Crippen LogP contribution in [0.25, 0.3) is 21.9 Å². The summed E-state index contributed by atoms with van der Waals surface area (Å²) in [4.78, 5) is 11.2. The monoisotopic (exact) mass is 404 g/mol. The Bertz CT molecular complexity index is 1270. The zero-order valence-corrected chi connectivity index (χ0v) is 17.0. The molecule has 4 aromatic carbocycles. The van der Waals surface area contributed by atoms with E-state index in [0.717, 1.165) is 16.7 Å². The molecular formula is C24H21O4P. The summed E-state index contributed by atoms with van der Waals surface area (Å²) in [6, 6.07) is 20.7. The van der Waals surface area contributed by atoms with Gasteiger partial charge in [-0.2, -0.15) is 0 Å². The fourth-order valence-corrected chi connectivity index (χ4v) is 5.64. The summed E-state index contributed by atoms with van der Waals surface area (Å²) in [5.41, 5.74) is 3.51. The number of fused-ring (bicyclic) bond motifs is 1. The van der Waals surface area contributed by atoms with E-state index in [1.807, 2.05) is 44.2 Å². The predicted molar refractivity (Wildman–Crippen MR) is 118 cm³/mol. The van der Waals surface area contributed by atoms with E-state index in [1.54, 1.807) is 36.4 Å². The first-order chi connectivity index (χ1) is 13.8. The van der Waals surface area contributed by atoms with Crippen LogP contribution in [0.1, 0.15) is 11.1 Å². The molecule has 0 aromatic heterocycles. The van der Waals surface area contributed by atoms with Crippen molar-refractivity contribution in [1.29, 1.82) is 0 Å². The van der Waals surface area contributed by atoms with Crippen molar-refractivity contribution >= 4 is 28.8 Å². The number of phenolic OH excluding ortho intramolecular Hbond substituents is 2. The molecule has 0 heterocycles. The third-order valence-electron chi connectivity index (χ3n) is 5.28. The summed E-state index contributed by atoms with van der Waals surface area (Å²) in [5, 5.41) is 22.0. The average Bonchev–Trinajstić information content (AvgIpc) is 2.71. The van der Waals surface area contributed by atoms with Gasteiger partial charge in [0.1, 0.15) is 11.5 Å². The van der Waals surface area contributed by atoms with E-state index < -0.39 is 7.37 Å². The van der Waals surface area contributed by atoms with Gasteiger partial charge < -0.3 is 15.1 Å². The normalized spacial score (nSPS) is 13.3. The molecule has 146 valence electrons. The lowest BCUT2D eigenvalue weighted by molar-refractivity contribution is 0.467. The Hall–Kier alpha value is -3.07. The number of phenols is 2. The lowest BCUT2D eigenvalue weighted by Crippen LogP contribution is -2.18. The minimum atomic E-state index is -4.22. The maximum atomic E-state index is 13.7. The van der Waals surface area contributed by atoms with E-state index in [2.05, 4.69) is 0 Å². The van der Waals surface area contributed by atoms with Gasteiger partial charge in [-0.3, -0.25) is 4.57 Å².